The Hall–Kier alpha value is -1.13. The highest BCUT2D eigenvalue weighted by Gasteiger charge is 2.36. The lowest BCUT2D eigenvalue weighted by Crippen LogP contribution is -2.49. The van der Waals surface area contributed by atoms with Gasteiger partial charge in [-0.1, -0.05) is 31.6 Å². The fourth-order valence-corrected chi connectivity index (χ4v) is 1.32. The van der Waals surface area contributed by atoms with Crippen LogP contribution < -0.4 is 5.73 Å². The summed E-state index contributed by atoms with van der Waals surface area (Å²) in [6.45, 7) is 2.38. The molecule has 4 heteroatoms. The van der Waals surface area contributed by atoms with Crippen molar-refractivity contribution < 1.29 is 14.6 Å². The van der Waals surface area contributed by atoms with E-state index in [1.54, 1.807) is 18.2 Å². The monoisotopic (exact) mass is 211 g/mol. The van der Waals surface area contributed by atoms with Crippen molar-refractivity contribution in [3.63, 3.8) is 0 Å². The predicted molar refractivity (Wildman–Crippen MR) is 56.8 cm³/mol. The van der Waals surface area contributed by atoms with Gasteiger partial charge in [-0.15, -0.1) is 0 Å². The molecule has 0 heterocycles. The molecular formula is C11H17NO3. The van der Waals surface area contributed by atoms with Crippen LogP contribution in [0.3, 0.4) is 0 Å². The zero-order valence-corrected chi connectivity index (χ0v) is 8.85. The lowest BCUT2D eigenvalue weighted by atomic mass is 9.92. The van der Waals surface area contributed by atoms with E-state index in [-0.39, 0.29) is 0 Å². The molecule has 1 aliphatic carbocycles. The predicted octanol–water partition coefficient (Wildman–Crippen LogP) is 0.719. The van der Waals surface area contributed by atoms with Gasteiger partial charge in [-0.3, -0.25) is 10.5 Å². The number of aliphatic hydroxyl groups is 1. The number of nitrogens with two attached hydrogens (primary N) is 1. The molecule has 0 aromatic rings. The van der Waals surface area contributed by atoms with Crippen molar-refractivity contribution in [3.8, 4) is 0 Å². The summed E-state index contributed by atoms with van der Waals surface area (Å²) in [4.78, 5) is 11.5. The first-order valence-corrected chi connectivity index (χ1v) is 5.12. The van der Waals surface area contributed by atoms with Crippen molar-refractivity contribution in [2.75, 3.05) is 6.61 Å². The summed E-state index contributed by atoms with van der Waals surface area (Å²) in [5, 5.41) is 9.70. The third-order valence-electron chi connectivity index (χ3n) is 2.27. The Bertz CT molecular complexity index is 282. The normalized spacial score (nSPS) is 29.1. The number of hydrogen-bond acceptors (Lipinski definition) is 4. The zero-order chi connectivity index (χ0) is 11.3. The largest absolute Gasteiger partial charge is 0.465 e. The van der Waals surface area contributed by atoms with Crippen LogP contribution in [0.5, 0.6) is 0 Å². The Labute approximate surface area is 89.4 Å². The molecule has 15 heavy (non-hydrogen) atoms. The van der Waals surface area contributed by atoms with Gasteiger partial charge in [-0.25, -0.2) is 0 Å². The summed E-state index contributed by atoms with van der Waals surface area (Å²) < 4.78 is 4.99. The second-order valence-corrected chi connectivity index (χ2v) is 3.63. The number of carbonyl (C=O) groups excluding carboxylic acids is 1. The summed E-state index contributed by atoms with van der Waals surface area (Å²) >= 11 is 0. The minimum Gasteiger partial charge on any atom is -0.465 e. The first kappa shape index (κ1) is 11.9. The number of rotatable bonds is 4. The van der Waals surface area contributed by atoms with Crippen LogP contribution in [0.4, 0.5) is 0 Å². The average Bonchev–Trinajstić information content (AvgIpc) is 2.17. The SMILES string of the molecule is CCCCOC(=O)C1C=CC=CC1(N)O. The maximum atomic E-state index is 11.5. The van der Waals surface area contributed by atoms with Gasteiger partial charge in [-0.2, -0.15) is 0 Å². The molecule has 0 radical (unpaired) electrons. The van der Waals surface area contributed by atoms with Gasteiger partial charge in [0.15, 0.2) is 0 Å². The van der Waals surface area contributed by atoms with Gasteiger partial charge in [-0.05, 0) is 12.5 Å². The van der Waals surface area contributed by atoms with E-state index in [0.717, 1.165) is 12.8 Å². The van der Waals surface area contributed by atoms with E-state index >= 15 is 0 Å². The summed E-state index contributed by atoms with van der Waals surface area (Å²) in [6.07, 6.45) is 8.00. The fourth-order valence-electron chi connectivity index (χ4n) is 1.32. The molecule has 0 aliphatic heterocycles. The Morgan fingerprint density at radius 1 is 1.60 bits per heavy atom. The first-order chi connectivity index (χ1) is 7.08. The van der Waals surface area contributed by atoms with Gasteiger partial charge < -0.3 is 9.84 Å². The standard InChI is InChI=1S/C11H17NO3/c1-2-3-8-15-10(13)9-6-4-5-7-11(9,12)14/h4-7,9,14H,2-3,8,12H2,1H3. The van der Waals surface area contributed by atoms with Crippen molar-refractivity contribution in [1.29, 1.82) is 0 Å². The number of allylic oxidation sites excluding steroid dienone is 2. The summed E-state index contributed by atoms with van der Waals surface area (Å²) in [5.74, 6) is -1.28. The molecule has 1 rings (SSSR count). The Morgan fingerprint density at radius 3 is 2.93 bits per heavy atom. The van der Waals surface area contributed by atoms with Crippen LogP contribution in [0.2, 0.25) is 0 Å². The highest BCUT2D eigenvalue weighted by atomic mass is 16.5. The number of hydrogen-bond donors (Lipinski definition) is 2. The highest BCUT2D eigenvalue weighted by Crippen LogP contribution is 2.20. The van der Waals surface area contributed by atoms with Gasteiger partial charge >= 0.3 is 5.97 Å². The van der Waals surface area contributed by atoms with E-state index in [0.29, 0.717) is 6.61 Å². The smallest absolute Gasteiger partial charge is 0.317 e. The molecule has 1 aliphatic rings. The molecule has 0 fully saturated rings. The third-order valence-corrected chi connectivity index (χ3v) is 2.27. The van der Waals surface area contributed by atoms with Gasteiger partial charge in [0, 0.05) is 0 Å². The molecule has 2 unspecified atom stereocenters. The van der Waals surface area contributed by atoms with E-state index in [9.17, 15) is 9.90 Å². The van der Waals surface area contributed by atoms with E-state index in [2.05, 4.69) is 0 Å². The van der Waals surface area contributed by atoms with Crippen molar-refractivity contribution in [3.05, 3.63) is 24.3 Å². The molecule has 0 aromatic carbocycles. The van der Waals surface area contributed by atoms with E-state index in [1.807, 2.05) is 6.92 Å². The molecule has 3 N–H and O–H groups in total. The molecule has 4 nitrogen and oxygen atoms in total. The lowest BCUT2D eigenvalue weighted by Gasteiger charge is -2.27. The zero-order valence-electron chi connectivity index (χ0n) is 8.85. The second-order valence-electron chi connectivity index (χ2n) is 3.63. The van der Waals surface area contributed by atoms with Crippen molar-refractivity contribution in [2.45, 2.75) is 25.5 Å². The minimum absolute atomic E-state index is 0.374. The van der Waals surface area contributed by atoms with Crippen molar-refractivity contribution in [2.24, 2.45) is 11.7 Å². The summed E-state index contributed by atoms with van der Waals surface area (Å²) in [5.41, 5.74) is 3.92. The van der Waals surface area contributed by atoms with Crippen molar-refractivity contribution in [1.82, 2.24) is 0 Å². The van der Waals surface area contributed by atoms with Crippen LogP contribution in [-0.2, 0) is 9.53 Å². The van der Waals surface area contributed by atoms with Crippen LogP contribution >= 0.6 is 0 Å². The maximum absolute atomic E-state index is 11.5. The van der Waals surface area contributed by atoms with Crippen LogP contribution in [0.25, 0.3) is 0 Å². The molecule has 0 spiro atoms. The van der Waals surface area contributed by atoms with Gasteiger partial charge in [0.05, 0.1) is 6.61 Å². The number of carbonyl (C=O) groups is 1. The topological polar surface area (TPSA) is 72.5 Å². The Morgan fingerprint density at radius 2 is 2.33 bits per heavy atom. The number of esters is 1. The Kier molecular flexibility index (Phi) is 4.05. The molecule has 84 valence electrons. The molecule has 0 bridgehead atoms. The van der Waals surface area contributed by atoms with Crippen molar-refractivity contribution >= 4 is 5.97 Å². The third kappa shape index (κ3) is 3.18. The second kappa shape index (κ2) is 5.09. The van der Waals surface area contributed by atoms with Gasteiger partial charge in [0.2, 0.25) is 0 Å². The first-order valence-electron chi connectivity index (χ1n) is 5.12. The minimum atomic E-state index is -1.63. The molecule has 0 saturated heterocycles. The summed E-state index contributed by atoms with van der Waals surface area (Å²) in [6, 6.07) is 0. The number of unbranched alkanes of at least 4 members (excludes halogenated alkanes) is 1. The molecule has 0 aromatic heterocycles. The van der Waals surface area contributed by atoms with Gasteiger partial charge in [0.1, 0.15) is 11.6 Å². The fraction of sp³-hybridized carbons (Fsp3) is 0.545. The van der Waals surface area contributed by atoms with Crippen LogP contribution in [-0.4, -0.2) is 23.4 Å². The average molecular weight is 211 g/mol. The molecular weight excluding hydrogens is 194 g/mol. The maximum Gasteiger partial charge on any atom is 0.317 e. The van der Waals surface area contributed by atoms with Crippen LogP contribution in [0.1, 0.15) is 19.8 Å². The quantitative estimate of drug-likeness (QED) is 0.408. The Balaban J connectivity index is 2.52. The van der Waals surface area contributed by atoms with E-state index in [1.165, 1.54) is 6.08 Å². The van der Waals surface area contributed by atoms with E-state index < -0.39 is 17.6 Å². The van der Waals surface area contributed by atoms with E-state index in [4.69, 9.17) is 10.5 Å². The summed E-state index contributed by atoms with van der Waals surface area (Å²) in [7, 11) is 0. The van der Waals surface area contributed by atoms with Crippen LogP contribution in [0.15, 0.2) is 24.3 Å². The molecule has 2 atom stereocenters. The lowest BCUT2D eigenvalue weighted by molar-refractivity contribution is -0.153. The molecule has 0 amide bonds. The van der Waals surface area contributed by atoms with Crippen LogP contribution in [0, 0.1) is 5.92 Å². The van der Waals surface area contributed by atoms with Gasteiger partial charge in [0.25, 0.3) is 0 Å². The highest BCUT2D eigenvalue weighted by molar-refractivity contribution is 5.76. The molecule has 0 saturated carbocycles. The number of ether oxygens (including phenoxy) is 1.